The molecular weight excluding hydrogens is 204 g/mol. The maximum absolute atomic E-state index is 8.63. The van der Waals surface area contributed by atoms with Crippen molar-refractivity contribution in [2.24, 2.45) is 7.05 Å². The molecule has 1 heterocycles. The predicted octanol–water partition coefficient (Wildman–Crippen LogP) is 1.27. The van der Waals surface area contributed by atoms with Crippen LogP contribution in [0.25, 0.3) is 0 Å². The Balaban J connectivity index is 2.00. The summed E-state index contributed by atoms with van der Waals surface area (Å²) in [7, 11) is 1.86. The lowest BCUT2D eigenvalue weighted by Gasteiger charge is -2.04. The third-order valence-electron chi connectivity index (χ3n) is 2.16. The van der Waals surface area contributed by atoms with Crippen molar-refractivity contribution in [2.45, 2.75) is 6.61 Å². The largest absolute Gasteiger partial charge is 0.486 e. The molecule has 0 radical (unpaired) electrons. The van der Waals surface area contributed by atoms with Crippen LogP contribution >= 0.6 is 0 Å². The second-order valence-corrected chi connectivity index (χ2v) is 3.28. The number of hydrogen-bond acceptors (Lipinski definition) is 4. The first kappa shape index (κ1) is 10.2. The molecule has 5 heteroatoms. The lowest BCUT2D eigenvalue weighted by Crippen LogP contribution is -2.02. The zero-order chi connectivity index (χ0) is 11.4. The van der Waals surface area contributed by atoms with Crippen molar-refractivity contribution >= 4 is 0 Å². The summed E-state index contributed by atoms with van der Waals surface area (Å²) in [6.07, 6.45) is 1.62. The minimum Gasteiger partial charge on any atom is -0.486 e. The Kier molecular flexibility index (Phi) is 2.83. The van der Waals surface area contributed by atoms with Crippen molar-refractivity contribution in [2.75, 3.05) is 0 Å². The van der Waals surface area contributed by atoms with E-state index in [0.29, 0.717) is 17.9 Å². The summed E-state index contributed by atoms with van der Waals surface area (Å²) in [5, 5.41) is 16.3. The van der Waals surface area contributed by atoms with Crippen LogP contribution in [0.2, 0.25) is 0 Å². The quantitative estimate of drug-likeness (QED) is 0.771. The van der Waals surface area contributed by atoms with Crippen LogP contribution in [0.5, 0.6) is 5.75 Å². The lowest BCUT2D eigenvalue weighted by molar-refractivity contribution is 0.291. The fourth-order valence-corrected chi connectivity index (χ4v) is 1.21. The summed E-state index contributed by atoms with van der Waals surface area (Å²) in [5.74, 6) is 1.46. The molecule has 0 aliphatic rings. The Labute approximate surface area is 92.9 Å². The molecular formula is C11H10N4O. The van der Waals surface area contributed by atoms with E-state index in [1.54, 1.807) is 35.2 Å². The van der Waals surface area contributed by atoms with Gasteiger partial charge >= 0.3 is 0 Å². The molecule has 1 aromatic carbocycles. The third-order valence-corrected chi connectivity index (χ3v) is 2.16. The van der Waals surface area contributed by atoms with Crippen LogP contribution in [0.4, 0.5) is 0 Å². The highest BCUT2D eigenvalue weighted by molar-refractivity contribution is 5.34. The first-order valence-electron chi connectivity index (χ1n) is 4.75. The van der Waals surface area contributed by atoms with Gasteiger partial charge in [0.05, 0.1) is 11.6 Å². The maximum Gasteiger partial charge on any atom is 0.170 e. The molecule has 0 bridgehead atoms. The number of nitriles is 1. The van der Waals surface area contributed by atoms with E-state index in [2.05, 4.69) is 16.3 Å². The molecule has 2 rings (SSSR count). The van der Waals surface area contributed by atoms with Gasteiger partial charge in [-0.1, -0.05) is 0 Å². The SMILES string of the molecule is Cn1cnnc1COc1ccc(C#N)cc1. The molecule has 0 aliphatic heterocycles. The van der Waals surface area contributed by atoms with E-state index >= 15 is 0 Å². The van der Waals surface area contributed by atoms with Crippen molar-refractivity contribution < 1.29 is 4.74 Å². The van der Waals surface area contributed by atoms with Gasteiger partial charge in [-0.25, -0.2) is 0 Å². The van der Waals surface area contributed by atoms with Gasteiger partial charge in [-0.15, -0.1) is 10.2 Å². The van der Waals surface area contributed by atoms with Gasteiger partial charge in [0.2, 0.25) is 0 Å². The number of aryl methyl sites for hydroxylation is 1. The topological polar surface area (TPSA) is 63.7 Å². The number of rotatable bonds is 3. The summed E-state index contributed by atoms with van der Waals surface area (Å²) in [5.41, 5.74) is 0.617. The molecule has 0 fully saturated rings. The Bertz CT molecular complexity index is 510. The minimum atomic E-state index is 0.363. The van der Waals surface area contributed by atoms with Crippen LogP contribution in [0, 0.1) is 11.3 Å². The van der Waals surface area contributed by atoms with Crippen LogP contribution in [-0.2, 0) is 13.7 Å². The molecule has 80 valence electrons. The van der Waals surface area contributed by atoms with E-state index in [1.807, 2.05) is 7.05 Å². The van der Waals surface area contributed by atoms with Gasteiger partial charge in [0.25, 0.3) is 0 Å². The molecule has 0 spiro atoms. The van der Waals surface area contributed by atoms with E-state index in [0.717, 1.165) is 5.82 Å². The zero-order valence-electron chi connectivity index (χ0n) is 8.79. The number of benzene rings is 1. The summed E-state index contributed by atoms with van der Waals surface area (Å²) < 4.78 is 7.29. The van der Waals surface area contributed by atoms with Gasteiger partial charge in [0.15, 0.2) is 5.82 Å². The number of ether oxygens (including phenoxy) is 1. The molecule has 0 aliphatic carbocycles. The average molecular weight is 214 g/mol. The minimum absolute atomic E-state index is 0.363. The van der Waals surface area contributed by atoms with Crippen LogP contribution in [-0.4, -0.2) is 14.8 Å². The van der Waals surface area contributed by atoms with Gasteiger partial charge in [0.1, 0.15) is 18.7 Å². The normalized spacial score (nSPS) is 9.75. The fourth-order valence-electron chi connectivity index (χ4n) is 1.21. The third kappa shape index (κ3) is 2.17. The summed E-state index contributed by atoms with van der Waals surface area (Å²) in [6, 6.07) is 9.00. The monoisotopic (exact) mass is 214 g/mol. The van der Waals surface area contributed by atoms with Crippen molar-refractivity contribution in [1.82, 2.24) is 14.8 Å². The molecule has 0 N–H and O–H groups in total. The number of nitrogens with zero attached hydrogens (tertiary/aromatic N) is 4. The van der Waals surface area contributed by atoms with E-state index in [9.17, 15) is 0 Å². The molecule has 2 aromatic rings. The van der Waals surface area contributed by atoms with E-state index < -0.39 is 0 Å². The molecule has 0 saturated carbocycles. The molecule has 0 amide bonds. The van der Waals surface area contributed by atoms with Gasteiger partial charge in [-0.05, 0) is 24.3 Å². The predicted molar refractivity (Wildman–Crippen MR) is 56.5 cm³/mol. The van der Waals surface area contributed by atoms with Crippen molar-refractivity contribution in [3.63, 3.8) is 0 Å². The Morgan fingerprint density at radius 1 is 1.38 bits per heavy atom. The second kappa shape index (κ2) is 4.45. The Morgan fingerprint density at radius 2 is 2.12 bits per heavy atom. The highest BCUT2D eigenvalue weighted by atomic mass is 16.5. The van der Waals surface area contributed by atoms with E-state index in [-0.39, 0.29) is 0 Å². The maximum atomic E-state index is 8.63. The van der Waals surface area contributed by atoms with Crippen molar-refractivity contribution in [3.05, 3.63) is 42.0 Å². The molecule has 5 nitrogen and oxygen atoms in total. The van der Waals surface area contributed by atoms with Crippen LogP contribution in [0.3, 0.4) is 0 Å². The van der Waals surface area contributed by atoms with Gasteiger partial charge in [-0.3, -0.25) is 0 Å². The van der Waals surface area contributed by atoms with Gasteiger partial charge < -0.3 is 9.30 Å². The average Bonchev–Trinajstić information content (AvgIpc) is 2.73. The zero-order valence-corrected chi connectivity index (χ0v) is 8.79. The van der Waals surface area contributed by atoms with Crippen molar-refractivity contribution in [1.29, 1.82) is 5.26 Å². The molecule has 0 atom stereocenters. The highest BCUT2D eigenvalue weighted by Crippen LogP contribution is 2.12. The molecule has 0 saturated heterocycles. The van der Waals surface area contributed by atoms with Crippen LogP contribution < -0.4 is 4.74 Å². The fraction of sp³-hybridized carbons (Fsp3) is 0.182. The summed E-state index contributed by atoms with van der Waals surface area (Å²) >= 11 is 0. The number of hydrogen-bond donors (Lipinski definition) is 0. The first-order valence-corrected chi connectivity index (χ1v) is 4.75. The van der Waals surface area contributed by atoms with E-state index in [4.69, 9.17) is 10.00 Å². The van der Waals surface area contributed by atoms with Gasteiger partial charge in [-0.2, -0.15) is 5.26 Å². The molecule has 16 heavy (non-hydrogen) atoms. The van der Waals surface area contributed by atoms with Crippen LogP contribution in [0.1, 0.15) is 11.4 Å². The molecule has 1 aromatic heterocycles. The summed E-state index contributed by atoms with van der Waals surface area (Å²) in [6.45, 7) is 0.363. The number of aromatic nitrogens is 3. The lowest BCUT2D eigenvalue weighted by atomic mass is 10.2. The second-order valence-electron chi connectivity index (χ2n) is 3.28. The summed E-state index contributed by atoms with van der Waals surface area (Å²) in [4.78, 5) is 0. The highest BCUT2D eigenvalue weighted by Gasteiger charge is 2.01. The van der Waals surface area contributed by atoms with Gasteiger partial charge in [0, 0.05) is 7.05 Å². The van der Waals surface area contributed by atoms with Crippen molar-refractivity contribution in [3.8, 4) is 11.8 Å². The first-order chi connectivity index (χ1) is 7.79. The Morgan fingerprint density at radius 3 is 2.69 bits per heavy atom. The van der Waals surface area contributed by atoms with E-state index in [1.165, 1.54) is 0 Å². The Hall–Kier alpha value is -2.35. The molecule has 0 unspecified atom stereocenters. The standard InChI is InChI=1S/C11H10N4O/c1-15-8-13-14-11(15)7-16-10-4-2-9(6-12)3-5-10/h2-5,8H,7H2,1H3. The van der Waals surface area contributed by atoms with Crippen LogP contribution in [0.15, 0.2) is 30.6 Å². The smallest absolute Gasteiger partial charge is 0.170 e.